The third kappa shape index (κ3) is 3.10. The van der Waals surface area contributed by atoms with Gasteiger partial charge in [0.1, 0.15) is 0 Å². The molecule has 0 aromatic heterocycles. The van der Waals surface area contributed by atoms with E-state index < -0.39 is 10.4 Å². The van der Waals surface area contributed by atoms with Crippen LogP contribution in [0.2, 0.25) is 0 Å². The minimum atomic E-state index is -4.73. The predicted octanol–water partition coefficient (Wildman–Crippen LogP) is 1.72. The molecule has 0 aliphatic rings. The van der Waals surface area contributed by atoms with Crippen molar-refractivity contribution in [1.82, 2.24) is 0 Å². The van der Waals surface area contributed by atoms with Crippen LogP contribution in [0.3, 0.4) is 0 Å². The molecule has 0 fully saturated rings. The van der Waals surface area contributed by atoms with Crippen molar-refractivity contribution < 1.29 is 46.7 Å². The first-order chi connectivity index (χ1) is 12.5. The number of rotatable bonds is 3. The van der Waals surface area contributed by atoms with Gasteiger partial charge in [-0.2, -0.15) is 0 Å². The monoisotopic (exact) mass is 384 g/mol. The second kappa shape index (κ2) is 6.71. The van der Waals surface area contributed by atoms with Crippen molar-refractivity contribution >= 4 is 53.5 Å². The summed E-state index contributed by atoms with van der Waals surface area (Å²) in [5.74, 6) is 0. The van der Waals surface area contributed by atoms with Crippen LogP contribution in [0.5, 0.6) is 0 Å². The number of hydrogen-bond donors (Lipinski definition) is 0. The van der Waals surface area contributed by atoms with Crippen LogP contribution in [0, 0.1) is 0 Å². The third-order valence-electron chi connectivity index (χ3n) is 4.95. The molecule has 0 saturated carbocycles. The van der Waals surface area contributed by atoms with Gasteiger partial charge in [-0.15, -0.1) is 0 Å². The summed E-state index contributed by atoms with van der Waals surface area (Å²) in [6, 6.07) is 22.3. The first-order valence-corrected chi connectivity index (χ1v) is 9.53. The van der Waals surface area contributed by atoms with E-state index in [9.17, 15) is 13.0 Å². The van der Waals surface area contributed by atoms with Crippen LogP contribution in [-0.2, 0) is 21.2 Å². The van der Waals surface area contributed by atoms with E-state index in [1.54, 1.807) is 6.07 Å². The summed E-state index contributed by atoms with van der Waals surface area (Å²) >= 11 is 0. The number of hydrogen-bond acceptors (Lipinski definition) is 4. The Hall–Kier alpha value is -1.73. The molecule has 0 saturated heterocycles. The Morgan fingerprint density at radius 2 is 1.41 bits per heavy atom. The second-order valence-electron chi connectivity index (χ2n) is 6.42. The summed E-state index contributed by atoms with van der Waals surface area (Å²) in [5, 5.41) is 8.90. The van der Waals surface area contributed by atoms with Gasteiger partial charge in [0.15, 0.2) is 0 Å². The smallest absolute Gasteiger partial charge is 0.726 e. The van der Waals surface area contributed by atoms with E-state index in [1.165, 1.54) is 21.5 Å². The van der Waals surface area contributed by atoms with Gasteiger partial charge in [-0.25, -0.2) is 8.42 Å². The predicted molar refractivity (Wildman–Crippen MR) is 102 cm³/mol. The largest absolute Gasteiger partial charge is 1.00 e. The maximum Gasteiger partial charge on any atom is 1.00 e. The molecule has 0 amide bonds. The van der Waals surface area contributed by atoms with E-state index >= 15 is 0 Å². The van der Waals surface area contributed by atoms with Crippen LogP contribution in [0.25, 0.3) is 43.1 Å². The Morgan fingerprint density at radius 3 is 2.15 bits per heavy atom. The summed E-state index contributed by atoms with van der Waals surface area (Å²) in [6.07, 6.45) is 0. The summed E-state index contributed by atoms with van der Waals surface area (Å²) in [6.45, 7) is -0.267. The van der Waals surface area contributed by atoms with Crippen LogP contribution >= 0.6 is 0 Å². The third-order valence-corrected chi connectivity index (χ3v) is 5.36. The molecule has 5 aromatic carbocycles. The van der Waals surface area contributed by atoms with Crippen molar-refractivity contribution in [2.24, 2.45) is 0 Å². The molecular formula is C21H13NaO4S. The van der Waals surface area contributed by atoms with Crippen molar-refractivity contribution in [3.05, 3.63) is 72.3 Å². The number of benzene rings is 5. The van der Waals surface area contributed by atoms with Gasteiger partial charge in [0.2, 0.25) is 10.4 Å². The Kier molecular flexibility index (Phi) is 4.63. The van der Waals surface area contributed by atoms with E-state index in [2.05, 4.69) is 46.6 Å². The fraction of sp³-hybridized carbons (Fsp3) is 0.0476. The quantitative estimate of drug-likeness (QED) is 0.156. The molecule has 5 rings (SSSR count). The zero-order valence-electron chi connectivity index (χ0n) is 14.6. The van der Waals surface area contributed by atoms with Gasteiger partial charge in [-0.3, -0.25) is 4.18 Å². The Balaban J connectivity index is 0.00000180. The van der Waals surface area contributed by atoms with E-state index in [0.29, 0.717) is 5.56 Å². The minimum absolute atomic E-state index is 0. The van der Waals surface area contributed by atoms with Gasteiger partial charge in [0.25, 0.3) is 0 Å². The average Bonchev–Trinajstić information content (AvgIpc) is 2.63. The summed E-state index contributed by atoms with van der Waals surface area (Å²) < 4.78 is 37.0. The SMILES string of the molecule is O=S(=O)([O-])OCc1cccc2c1cc1ccc3cccc4ccc2c1c34.[Na+]. The van der Waals surface area contributed by atoms with Crippen LogP contribution < -0.4 is 29.6 Å². The van der Waals surface area contributed by atoms with E-state index in [-0.39, 0.29) is 36.2 Å². The van der Waals surface area contributed by atoms with Gasteiger partial charge >= 0.3 is 29.6 Å². The van der Waals surface area contributed by atoms with Crippen molar-refractivity contribution in [3.63, 3.8) is 0 Å². The van der Waals surface area contributed by atoms with Crippen LogP contribution in [-0.4, -0.2) is 13.0 Å². The maximum atomic E-state index is 10.8. The fourth-order valence-electron chi connectivity index (χ4n) is 3.89. The minimum Gasteiger partial charge on any atom is -0.726 e. The van der Waals surface area contributed by atoms with Gasteiger partial charge in [0.05, 0.1) is 6.61 Å². The second-order valence-corrected chi connectivity index (χ2v) is 7.47. The first kappa shape index (κ1) is 18.6. The molecule has 0 spiro atoms. The molecule has 0 radical (unpaired) electrons. The molecule has 0 N–H and O–H groups in total. The molecule has 0 bridgehead atoms. The Bertz CT molecular complexity index is 1390. The normalized spacial score (nSPS) is 12.2. The van der Waals surface area contributed by atoms with E-state index in [0.717, 1.165) is 21.5 Å². The average molecular weight is 384 g/mol. The van der Waals surface area contributed by atoms with Crippen LogP contribution in [0.1, 0.15) is 5.56 Å². The Labute approximate surface area is 178 Å². The molecule has 4 nitrogen and oxygen atoms in total. The topological polar surface area (TPSA) is 66.4 Å². The maximum absolute atomic E-state index is 10.8. The first-order valence-electron chi connectivity index (χ1n) is 8.20. The zero-order valence-corrected chi connectivity index (χ0v) is 17.4. The Morgan fingerprint density at radius 1 is 0.741 bits per heavy atom. The molecule has 0 heterocycles. The molecule has 27 heavy (non-hydrogen) atoms. The molecule has 0 aliphatic carbocycles. The van der Waals surface area contributed by atoms with Crippen LogP contribution in [0.4, 0.5) is 0 Å². The fourth-order valence-corrected chi connectivity index (χ4v) is 4.16. The van der Waals surface area contributed by atoms with Gasteiger partial charge in [0, 0.05) is 0 Å². The summed E-state index contributed by atoms with van der Waals surface area (Å²) in [4.78, 5) is 0. The summed E-state index contributed by atoms with van der Waals surface area (Å²) in [5.41, 5.74) is 0.674. The van der Waals surface area contributed by atoms with Gasteiger partial charge < -0.3 is 4.55 Å². The molecule has 6 heteroatoms. The molecule has 0 atom stereocenters. The van der Waals surface area contributed by atoms with Crippen molar-refractivity contribution in [1.29, 1.82) is 0 Å². The van der Waals surface area contributed by atoms with Crippen molar-refractivity contribution in [2.75, 3.05) is 0 Å². The standard InChI is InChI=1S/C21H14O4S.Na/c22-26(23,24)25-12-16-5-2-6-17-18-10-9-14-4-1-3-13-7-8-15(11-19(16)17)21(18)20(13)14;/h1-11H,12H2,(H,22,23,24);/q;+1/p-1. The molecule has 128 valence electrons. The zero-order chi connectivity index (χ0) is 17.9. The number of fused-ring (bicyclic) bond motifs is 2. The molecule has 5 aromatic rings. The summed E-state index contributed by atoms with van der Waals surface area (Å²) in [7, 11) is -4.73. The van der Waals surface area contributed by atoms with Gasteiger partial charge in [-0.05, 0) is 54.7 Å². The van der Waals surface area contributed by atoms with Crippen LogP contribution in [0.15, 0.2) is 66.7 Å². The van der Waals surface area contributed by atoms with Gasteiger partial charge in [-0.1, -0.05) is 60.7 Å². The molecule has 0 aliphatic heterocycles. The van der Waals surface area contributed by atoms with E-state index in [4.69, 9.17) is 0 Å². The van der Waals surface area contributed by atoms with Crippen molar-refractivity contribution in [3.8, 4) is 0 Å². The molecule has 0 unspecified atom stereocenters. The van der Waals surface area contributed by atoms with Crippen molar-refractivity contribution in [2.45, 2.75) is 6.61 Å². The van der Waals surface area contributed by atoms with E-state index in [1.807, 2.05) is 18.2 Å². The molecular weight excluding hydrogens is 371 g/mol.